The number of hydrogen-bond donors (Lipinski definition) is 1. The molecule has 6 heteroatoms. The van der Waals surface area contributed by atoms with Gasteiger partial charge in [0.1, 0.15) is 0 Å². The minimum atomic E-state index is 0.0903. The van der Waals surface area contributed by atoms with Crippen molar-refractivity contribution in [3.8, 4) is 5.06 Å². The molecule has 0 fully saturated rings. The van der Waals surface area contributed by atoms with Crippen LogP contribution in [0.25, 0.3) is 10.2 Å². The molecule has 0 radical (unpaired) electrons. The van der Waals surface area contributed by atoms with Gasteiger partial charge in [-0.25, -0.2) is 0 Å². The number of nitrogens with zero attached hydrogens (tertiary/aromatic N) is 2. The van der Waals surface area contributed by atoms with Crippen molar-refractivity contribution in [3.05, 3.63) is 11.8 Å². The molecule has 0 saturated heterocycles. The summed E-state index contributed by atoms with van der Waals surface area (Å²) in [5, 5.41) is 18.4. The maximum atomic E-state index is 11.2. The Balaban J connectivity index is 2.37. The lowest BCUT2D eigenvalue weighted by Gasteiger charge is -1.94. The van der Waals surface area contributed by atoms with Gasteiger partial charge in [-0.2, -0.15) is 5.10 Å². The zero-order valence-corrected chi connectivity index (χ0v) is 8.48. The van der Waals surface area contributed by atoms with Gasteiger partial charge in [0, 0.05) is 16.3 Å². The number of aromatic nitrogens is 2. The monoisotopic (exact) mass is 224 g/mol. The maximum Gasteiger partial charge on any atom is 0.199 e. The first kappa shape index (κ1) is 8.19. The fraction of sp³-hybridized carbons (Fsp3) is 0.125. The molecule has 0 amide bonds. The molecule has 1 aliphatic heterocycles. The second kappa shape index (κ2) is 2.68. The highest BCUT2D eigenvalue weighted by molar-refractivity contribution is 8.14. The summed E-state index contributed by atoms with van der Waals surface area (Å²) in [6.07, 6.45) is 0.347. The molecule has 0 unspecified atom stereocenters. The molecule has 0 aromatic carbocycles. The van der Waals surface area contributed by atoms with Gasteiger partial charge in [0.05, 0.1) is 12.1 Å². The van der Waals surface area contributed by atoms with Crippen LogP contribution in [0.15, 0.2) is 11.0 Å². The standard InChI is InChI=1S/C8H4N2O2S2/c11-5-1-3-7-4(2-6(12)13-7)9-10-8(3)14-5/h1,11H,2H2. The molecular formula is C8H4N2O2S2. The summed E-state index contributed by atoms with van der Waals surface area (Å²) in [4.78, 5) is 12.7. The summed E-state index contributed by atoms with van der Waals surface area (Å²) in [5.74, 6) is 0. The highest BCUT2D eigenvalue weighted by Crippen LogP contribution is 2.40. The molecule has 1 aliphatic rings. The van der Waals surface area contributed by atoms with Crippen LogP contribution < -0.4 is 0 Å². The van der Waals surface area contributed by atoms with Crippen LogP contribution in [0, 0.1) is 0 Å². The molecule has 1 N–H and O–H groups in total. The van der Waals surface area contributed by atoms with Crippen LogP contribution in [-0.2, 0) is 11.2 Å². The van der Waals surface area contributed by atoms with Gasteiger partial charge in [-0.1, -0.05) is 11.3 Å². The third kappa shape index (κ3) is 1.04. The summed E-state index contributed by atoms with van der Waals surface area (Å²) >= 11 is 2.36. The van der Waals surface area contributed by atoms with Gasteiger partial charge in [-0.3, -0.25) is 4.79 Å². The van der Waals surface area contributed by atoms with Crippen LogP contribution in [0.1, 0.15) is 5.69 Å². The van der Waals surface area contributed by atoms with Gasteiger partial charge in [0.2, 0.25) is 0 Å². The van der Waals surface area contributed by atoms with E-state index in [2.05, 4.69) is 10.2 Å². The largest absolute Gasteiger partial charge is 0.499 e. The van der Waals surface area contributed by atoms with Crippen molar-refractivity contribution in [3.63, 3.8) is 0 Å². The minimum Gasteiger partial charge on any atom is -0.499 e. The predicted molar refractivity (Wildman–Crippen MR) is 53.6 cm³/mol. The van der Waals surface area contributed by atoms with Gasteiger partial charge in [-0.05, 0) is 11.8 Å². The van der Waals surface area contributed by atoms with Crippen molar-refractivity contribution in [1.82, 2.24) is 10.2 Å². The molecule has 0 saturated carbocycles. The van der Waals surface area contributed by atoms with Crippen LogP contribution in [-0.4, -0.2) is 20.4 Å². The first-order valence-electron chi connectivity index (χ1n) is 3.93. The Kier molecular flexibility index (Phi) is 1.57. The van der Waals surface area contributed by atoms with E-state index >= 15 is 0 Å². The van der Waals surface area contributed by atoms with Gasteiger partial charge in [0.25, 0.3) is 0 Å². The fourth-order valence-corrected chi connectivity index (χ4v) is 3.15. The topological polar surface area (TPSA) is 63.1 Å². The van der Waals surface area contributed by atoms with Gasteiger partial charge >= 0.3 is 0 Å². The molecule has 4 nitrogen and oxygen atoms in total. The summed E-state index contributed by atoms with van der Waals surface area (Å²) in [6.45, 7) is 0. The number of carbonyl (C=O) groups is 1. The summed E-state index contributed by atoms with van der Waals surface area (Å²) < 4.78 is 0. The first-order chi connectivity index (χ1) is 6.74. The Bertz CT molecular complexity index is 550. The van der Waals surface area contributed by atoms with E-state index in [4.69, 9.17) is 0 Å². The third-order valence-corrected chi connectivity index (χ3v) is 3.85. The quantitative estimate of drug-likeness (QED) is 0.736. The zero-order valence-electron chi connectivity index (χ0n) is 6.85. The number of aromatic hydroxyl groups is 1. The molecule has 2 aromatic rings. The summed E-state index contributed by atoms with van der Waals surface area (Å²) in [5.41, 5.74) is 0.727. The number of hydrogen-bond acceptors (Lipinski definition) is 6. The van der Waals surface area contributed by atoms with E-state index in [1.165, 1.54) is 23.1 Å². The summed E-state index contributed by atoms with van der Waals surface area (Å²) in [7, 11) is 0. The Labute approximate surface area is 87.0 Å². The molecule has 3 heterocycles. The smallest absolute Gasteiger partial charge is 0.199 e. The van der Waals surface area contributed by atoms with Crippen molar-refractivity contribution in [2.75, 3.05) is 0 Å². The number of thioether (sulfide) groups is 1. The average Bonchev–Trinajstić information content (AvgIpc) is 2.65. The van der Waals surface area contributed by atoms with Gasteiger partial charge in [-0.15, -0.1) is 5.10 Å². The Morgan fingerprint density at radius 1 is 1.43 bits per heavy atom. The lowest BCUT2D eigenvalue weighted by molar-refractivity contribution is -0.110. The fourth-order valence-electron chi connectivity index (χ4n) is 1.43. The molecular weight excluding hydrogens is 220 g/mol. The molecule has 0 aliphatic carbocycles. The Hall–Kier alpha value is -1.14. The molecule has 0 spiro atoms. The average molecular weight is 224 g/mol. The van der Waals surface area contributed by atoms with Gasteiger partial charge < -0.3 is 5.11 Å². The van der Waals surface area contributed by atoms with E-state index in [0.29, 0.717) is 11.3 Å². The van der Waals surface area contributed by atoms with E-state index in [0.717, 1.165) is 16.0 Å². The second-order valence-electron chi connectivity index (χ2n) is 2.93. The predicted octanol–water partition coefficient (Wildman–Crippen LogP) is 1.57. The lowest BCUT2D eigenvalue weighted by atomic mass is 10.2. The van der Waals surface area contributed by atoms with Crippen LogP contribution in [0.5, 0.6) is 5.06 Å². The van der Waals surface area contributed by atoms with Gasteiger partial charge in [0.15, 0.2) is 15.0 Å². The minimum absolute atomic E-state index is 0.0903. The summed E-state index contributed by atoms with van der Waals surface area (Å²) in [6, 6.07) is 1.64. The van der Waals surface area contributed by atoms with Crippen LogP contribution in [0.4, 0.5) is 0 Å². The molecule has 0 bridgehead atoms. The van der Waals surface area contributed by atoms with Crippen molar-refractivity contribution in [2.45, 2.75) is 11.3 Å². The van der Waals surface area contributed by atoms with Crippen molar-refractivity contribution in [1.29, 1.82) is 0 Å². The Morgan fingerprint density at radius 2 is 2.29 bits per heavy atom. The van der Waals surface area contributed by atoms with E-state index in [-0.39, 0.29) is 10.2 Å². The number of fused-ring (bicyclic) bond motifs is 3. The van der Waals surface area contributed by atoms with Crippen LogP contribution in [0.2, 0.25) is 0 Å². The molecule has 0 atom stereocenters. The normalized spacial score (nSPS) is 15.0. The first-order valence-corrected chi connectivity index (χ1v) is 5.56. The van der Waals surface area contributed by atoms with Crippen molar-refractivity contribution >= 4 is 38.4 Å². The van der Waals surface area contributed by atoms with Crippen LogP contribution in [0.3, 0.4) is 0 Å². The zero-order chi connectivity index (χ0) is 9.71. The third-order valence-electron chi connectivity index (χ3n) is 2.00. The van der Waals surface area contributed by atoms with E-state index < -0.39 is 0 Å². The number of carbonyl (C=O) groups excluding carboxylic acids is 1. The Morgan fingerprint density at radius 3 is 3.14 bits per heavy atom. The van der Waals surface area contributed by atoms with Crippen LogP contribution >= 0.6 is 23.1 Å². The SMILES string of the molecule is O=C1Cc2nnc3sc(O)cc3c2S1. The number of rotatable bonds is 0. The van der Waals surface area contributed by atoms with E-state index in [9.17, 15) is 9.90 Å². The lowest BCUT2D eigenvalue weighted by Crippen LogP contribution is -1.92. The van der Waals surface area contributed by atoms with E-state index in [1.54, 1.807) is 6.07 Å². The molecule has 14 heavy (non-hydrogen) atoms. The highest BCUT2D eigenvalue weighted by Gasteiger charge is 2.24. The highest BCUT2D eigenvalue weighted by atomic mass is 32.2. The molecule has 3 rings (SSSR count). The second-order valence-corrected chi connectivity index (χ2v) is 5.01. The maximum absolute atomic E-state index is 11.2. The number of thiophene rings is 1. The van der Waals surface area contributed by atoms with Crippen molar-refractivity contribution < 1.29 is 9.90 Å². The molecule has 2 aromatic heterocycles. The van der Waals surface area contributed by atoms with Crippen molar-refractivity contribution in [2.24, 2.45) is 0 Å². The molecule has 70 valence electrons. The van der Waals surface area contributed by atoms with E-state index in [1.807, 2.05) is 0 Å².